The van der Waals surface area contributed by atoms with Gasteiger partial charge in [-0.05, 0) is 49.0 Å². The predicted molar refractivity (Wildman–Crippen MR) is 116 cm³/mol. The summed E-state index contributed by atoms with van der Waals surface area (Å²) in [5.41, 5.74) is 1.27. The van der Waals surface area contributed by atoms with Crippen LogP contribution in [0.4, 0.5) is 11.4 Å². The first-order chi connectivity index (χ1) is 13.6. The highest BCUT2D eigenvalue weighted by atomic mass is 32.1. The maximum atomic E-state index is 12.1. The molecule has 2 rings (SSSR count). The number of unbranched alkanes of at least 4 members (excludes halogenated alkanes) is 2. The molecule has 2 aromatic carbocycles. The van der Waals surface area contributed by atoms with Gasteiger partial charge in [0.1, 0.15) is 5.75 Å². The molecule has 0 aliphatic carbocycles. The Balaban J connectivity index is 1.80. The predicted octanol–water partition coefficient (Wildman–Crippen LogP) is 4.10. The zero-order valence-electron chi connectivity index (χ0n) is 15.9. The van der Waals surface area contributed by atoms with Gasteiger partial charge in [0.15, 0.2) is 11.7 Å². The summed E-state index contributed by atoms with van der Waals surface area (Å²) in [7, 11) is 0. The van der Waals surface area contributed by atoms with Crippen LogP contribution in [0.1, 0.15) is 32.6 Å². The Morgan fingerprint density at radius 3 is 2.36 bits per heavy atom. The molecule has 148 valence electrons. The number of anilines is 2. The first kappa shape index (κ1) is 21.4. The van der Waals surface area contributed by atoms with Crippen molar-refractivity contribution in [3.63, 3.8) is 0 Å². The summed E-state index contributed by atoms with van der Waals surface area (Å²) < 4.78 is 5.42. The van der Waals surface area contributed by atoms with Crippen LogP contribution in [0.5, 0.6) is 5.75 Å². The van der Waals surface area contributed by atoms with Crippen molar-refractivity contribution in [3.8, 4) is 5.75 Å². The van der Waals surface area contributed by atoms with Gasteiger partial charge in [-0.3, -0.25) is 9.59 Å². The first-order valence-corrected chi connectivity index (χ1v) is 9.66. The number of ether oxygens (including phenoxy) is 1. The summed E-state index contributed by atoms with van der Waals surface area (Å²) in [5, 5.41) is 8.61. The Morgan fingerprint density at radius 2 is 1.64 bits per heavy atom. The van der Waals surface area contributed by atoms with E-state index in [2.05, 4.69) is 22.9 Å². The number of hydrogen-bond acceptors (Lipinski definition) is 4. The highest BCUT2D eigenvalue weighted by Gasteiger charge is 2.07. The third-order valence-electron chi connectivity index (χ3n) is 3.78. The lowest BCUT2D eigenvalue weighted by Gasteiger charge is -2.11. The van der Waals surface area contributed by atoms with E-state index in [0.29, 0.717) is 23.5 Å². The van der Waals surface area contributed by atoms with Crippen molar-refractivity contribution in [1.29, 1.82) is 0 Å². The number of benzene rings is 2. The van der Waals surface area contributed by atoms with Gasteiger partial charge in [-0.1, -0.05) is 44.0 Å². The molecule has 2 aromatic rings. The lowest BCUT2D eigenvalue weighted by Crippen LogP contribution is -2.33. The Labute approximate surface area is 170 Å². The van der Waals surface area contributed by atoms with Crippen LogP contribution < -0.4 is 20.7 Å². The fourth-order valence-corrected chi connectivity index (χ4v) is 2.66. The maximum absolute atomic E-state index is 12.1. The molecule has 2 amide bonds. The molecule has 0 unspecified atom stereocenters. The van der Waals surface area contributed by atoms with Gasteiger partial charge in [-0.2, -0.15) is 0 Å². The SMILES string of the molecule is CCCCCC(=O)NC(=S)Nc1cccc(NC(=O)COc2ccccc2)c1. The van der Waals surface area contributed by atoms with Crippen molar-refractivity contribution in [2.75, 3.05) is 17.2 Å². The van der Waals surface area contributed by atoms with Crippen molar-refractivity contribution < 1.29 is 14.3 Å². The molecular formula is C21H25N3O3S. The number of hydrogen-bond donors (Lipinski definition) is 3. The number of carbonyl (C=O) groups is 2. The molecule has 7 heteroatoms. The lowest BCUT2D eigenvalue weighted by atomic mass is 10.2. The van der Waals surface area contributed by atoms with Crippen LogP contribution in [-0.2, 0) is 9.59 Å². The molecule has 0 bridgehead atoms. The number of thiocarbonyl (C=S) groups is 1. The molecule has 0 fully saturated rings. The van der Waals surface area contributed by atoms with Crippen LogP contribution >= 0.6 is 12.2 Å². The van der Waals surface area contributed by atoms with Crippen molar-refractivity contribution >= 4 is 40.5 Å². The van der Waals surface area contributed by atoms with Crippen LogP contribution in [0, 0.1) is 0 Å². The molecule has 28 heavy (non-hydrogen) atoms. The van der Waals surface area contributed by atoms with Gasteiger partial charge in [0.2, 0.25) is 5.91 Å². The van der Waals surface area contributed by atoms with Gasteiger partial charge in [-0.25, -0.2) is 0 Å². The minimum atomic E-state index is -0.271. The molecule has 0 radical (unpaired) electrons. The molecule has 0 atom stereocenters. The topological polar surface area (TPSA) is 79.5 Å². The normalized spacial score (nSPS) is 10.0. The van der Waals surface area contributed by atoms with Crippen molar-refractivity contribution in [3.05, 3.63) is 54.6 Å². The van der Waals surface area contributed by atoms with Crippen molar-refractivity contribution in [2.24, 2.45) is 0 Å². The first-order valence-electron chi connectivity index (χ1n) is 9.25. The monoisotopic (exact) mass is 399 g/mol. The standard InChI is InChI=1S/C21H25N3O3S/c1-2-3-5-13-19(25)24-21(28)23-17-10-8-9-16(14-17)22-20(26)15-27-18-11-6-4-7-12-18/h4,6-12,14H,2-3,5,13,15H2,1H3,(H,22,26)(H2,23,24,25,28). The second kappa shape index (κ2) is 11.7. The largest absolute Gasteiger partial charge is 0.484 e. The summed E-state index contributed by atoms with van der Waals surface area (Å²) in [6.45, 7) is 2.00. The van der Waals surface area contributed by atoms with Crippen LogP contribution in [0.15, 0.2) is 54.6 Å². The molecule has 6 nitrogen and oxygen atoms in total. The van der Waals surface area contributed by atoms with Gasteiger partial charge >= 0.3 is 0 Å². The Kier molecular flexibility index (Phi) is 8.94. The molecule has 0 aromatic heterocycles. The molecule has 0 spiro atoms. The van der Waals surface area contributed by atoms with Crippen molar-refractivity contribution in [1.82, 2.24) is 5.32 Å². The average molecular weight is 400 g/mol. The number of amides is 2. The summed E-state index contributed by atoms with van der Waals surface area (Å²) in [6.07, 6.45) is 3.37. The van der Waals surface area contributed by atoms with Crippen LogP contribution in [-0.4, -0.2) is 23.5 Å². The van der Waals surface area contributed by atoms with E-state index < -0.39 is 0 Å². The van der Waals surface area contributed by atoms with E-state index in [1.54, 1.807) is 36.4 Å². The lowest BCUT2D eigenvalue weighted by molar-refractivity contribution is -0.120. The van der Waals surface area contributed by atoms with Gasteiger partial charge < -0.3 is 20.7 Å². The van der Waals surface area contributed by atoms with E-state index in [0.717, 1.165) is 19.3 Å². The van der Waals surface area contributed by atoms with E-state index >= 15 is 0 Å². The quantitative estimate of drug-likeness (QED) is 0.437. The molecule has 0 aliphatic rings. The Bertz CT molecular complexity index is 796. The van der Waals surface area contributed by atoms with Crippen LogP contribution in [0.25, 0.3) is 0 Å². The number of para-hydroxylation sites is 1. The number of carbonyl (C=O) groups excluding carboxylic acids is 2. The van der Waals surface area contributed by atoms with Gasteiger partial charge in [0.05, 0.1) is 0 Å². The van der Waals surface area contributed by atoms with Crippen LogP contribution in [0.3, 0.4) is 0 Å². The summed E-state index contributed by atoms with van der Waals surface area (Å²) in [5.74, 6) is 0.259. The second-order valence-corrected chi connectivity index (χ2v) is 6.60. The highest BCUT2D eigenvalue weighted by Crippen LogP contribution is 2.15. The van der Waals surface area contributed by atoms with Crippen LogP contribution in [0.2, 0.25) is 0 Å². The van der Waals surface area contributed by atoms with E-state index in [1.807, 2.05) is 18.2 Å². The third kappa shape index (κ3) is 8.18. The summed E-state index contributed by atoms with van der Waals surface area (Å²) in [6, 6.07) is 16.2. The highest BCUT2D eigenvalue weighted by molar-refractivity contribution is 7.80. The summed E-state index contributed by atoms with van der Waals surface area (Å²) >= 11 is 5.17. The zero-order chi connectivity index (χ0) is 20.2. The fourth-order valence-electron chi connectivity index (χ4n) is 2.42. The molecule has 0 heterocycles. The molecule has 0 saturated carbocycles. The minimum absolute atomic E-state index is 0.0894. The van der Waals surface area contributed by atoms with Crippen molar-refractivity contribution in [2.45, 2.75) is 32.6 Å². The van der Waals surface area contributed by atoms with E-state index in [9.17, 15) is 9.59 Å². The fraction of sp³-hybridized carbons (Fsp3) is 0.286. The second-order valence-electron chi connectivity index (χ2n) is 6.19. The minimum Gasteiger partial charge on any atom is -0.484 e. The smallest absolute Gasteiger partial charge is 0.262 e. The number of rotatable bonds is 9. The average Bonchev–Trinajstić information content (AvgIpc) is 2.67. The van der Waals surface area contributed by atoms with Gasteiger partial charge in [0.25, 0.3) is 5.91 Å². The molecule has 0 aliphatic heterocycles. The Hall–Kier alpha value is -2.93. The number of nitrogens with one attached hydrogen (secondary N) is 3. The van der Waals surface area contributed by atoms with E-state index in [1.165, 1.54) is 0 Å². The van der Waals surface area contributed by atoms with E-state index in [4.69, 9.17) is 17.0 Å². The molecule has 3 N–H and O–H groups in total. The zero-order valence-corrected chi connectivity index (χ0v) is 16.7. The maximum Gasteiger partial charge on any atom is 0.262 e. The summed E-state index contributed by atoms with van der Waals surface area (Å²) in [4.78, 5) is 23.9. The van der Waals surface area contributed by atoms with Gasteiger partial charge in [-0.15, -0.1) is 0 Å². The third-order valence-corrected chi connectivity index (χ3v) is 3.98. The Morgan fingerprint density at radius 1 is 0.929 bits per heavy atom. The molecular weight excluding hydrogens is 374 g/mol. The van der Waals surface area contributed by atoms with E-state index in [-0.39, 0.29) is 23.5 Å². The molecule has 0 saturated heterocycles. The van der Waals surface area contributed by atoms with Gasteiger partial charge in [0, 0.05) is 17.8 Å².